The van der Waals surface area contributed by atoms with Crippen molar-refractivity contribution in [1.82, 2.24) is 9.97 Å². The zero-order valence-electron chi connectivity index (χ0n) is 7.11. The van der Waals surface area contributed by atoms with Gasteiger partial charge in [0.15, 0.2) is 0 Å². The van der Waals surface area contributed by atoms with E-state index >= 15 is 0 Å². The smallest absolute Gasteiger partial charge is 0.129 e. The molecular weight excluding hydrogens is 263 g/mol. The number of pyridine rings is 2. The summed E-state index contributed by atoms with van der Waals surface area (Å²) in [6.45, 7) is 0. The van der Waals surface area contributed by atoms with Crippen LogP contribution >= 0.6 is 27.5 Å². The molecule has 2 rings (SSSR count). The van der Waals surface area contributed by atoms with E-state index < -0.39 is 0 Å². The summed E-state index contributed by atoms with van der Waals surface area (Å²) in [5.74, 6) is 0. The first-order valence-electron chi connectivity index (χ1n) is 3.99. The molecular formula is C10H6BrClN2. The average molecular weight is 270 g/mol. The van der Waals surface area contributed by atoms with Crippen LogP contribution in [0, 0.1) is 0 Å². The highest BCUT2D eigenvalue weighted by atomic mass is 79.9. The fraction of sp³-hybridized carbons (Fsp3) is 0. The molecule has 0 spiro atoms. The van der Waals surface area contributed by atoms with Crippen molar-refractivity contribution in [2.45, 2.75) is 0 Å². The molecule has 0 atom stereocenters. The zero-order valence-corrected chi connectivity index (χ0v) is 9.46. The van der Waals surface area contributed by atoms with Crippen molar-refractivity contribution in [1.29, 1.82) is 0 Å². The normalized spacial score (nSPS) is 10.1. The minimum Gasteiger partial charge on any atom is -0.255 e. The highest BCUT2D eigenvalue weighted by Crippen LogP contribution is 2.18. The lowest BCUT2D eigenvalue weighted by molar-refractivity contribution is 1.27. The molecule has 0 saturated carbocycles. The molecule has 14 heavy (non-hydrogen) atoms. The highest BCUT2D eigenvalue weighted by Gasteiger charge is 1.98. The van der Waals surface area contributed by atoms with Crippen molar-refractivity contribution in [3.63, 3.8) is 0 Å². The second-order valence-corrected chi connectivity index (χ2v) is 4.03. The first kappa shape index (κ1) is 9.62. The first-order valence-corrected chi connectivity index (χ1v) is 5.16. The van der Waals surface area contributed by atoms with Gasteiger partial charge in [-0.1, -0.05) is 11.6 Å². The molecule has 2 heterocycles. The third-order valence-corrected chi connectivity index (χ3v) is 2.44. The molecule has 0 amide bonds. The largest absolute Gasteiger partial charge is 0.255 e. The second kappa shape index (κ2) is 4.07. The van der Waals surface area contributed by atoms with Crippen molar-refractivity contribution in [3.8, 4) is 11.3 Å². The van der Waals surface area contributed by atoms with Gasteiger partial charge < -0.3 is 0 Å². The summed E-state index contributed by atoms with van der Waals surface area (Å²) in [6, 6.07) is 7.51. The second-order valence-electron chi connectivity index (χ2n) is 2.73. The molecule has 2 aromatic heterocycles. The molecule has 0 radical (unpaired) electrons. The van der Waals surface area contributed by atoms with Gasteiger partial charge in [-0.15, -0.1) is 0 Å². The lowest BCUT2D eigenvalue weighted by Gasteiger charge is -1.99. The molecule has 0 N–H and O–H groups in total. The Balaban J connectivity index is 2.40. The van der Waals surface area contributed by atoms with Crippen molar-refractivity contribution in [3.05, 3.63) is 46.3 Å². The summed E-state index contributed by atoms with van der Waals surface area (Å²) >= 11 is 9.02. The molecule has 0 aliphatic carbocycles. The van der Waals surface area contributed by atoms with Gasteiger partial charge in [0.25, 0.3) is 0 Å². The predicted molar refractivity (Wildman–Crippen MR) is 60.2 cm³/mol. The molecule has 4 heteroatoms. The number of hydrogen-bond acceptors (Lipinski definition) is 2. The first-order chi connectivity index (χ1) is 6.75. The van der Waals surface area contributed by atoms with Crippen LogP contribution in [0.25, 0.3) is 11.3 Å². The number of hydrogen-bond donors (Lipinski definition) is 0. The Kier molecular flexibility index (Phi) is 2.79. The van der Waals surface area contributed by atoms with Gasteiger partial charge >= 0.3 is 0 Å². The Labute approximate surface area is 95.1 Å². The summed E-state index contributed by atoms with van der Waals surface area (Å²) in [5, 5.41) is 0.492. The minimum atomic E-state index is 0.492. The van der Waals surface area contributed by atoms with E-state index in [0.29, 0.717) is 5.15 Å². The van der Waals surface area contributed by atoms with E-state index in [1.807, 2.05) is 18.2 Å². The molecule has 2 nitrogen and oxygen atoms in total. The predicted octanol–water partition coefficient (Wildman–Crippen LogP) is 3.56. The van der Waals surface area contributed by atoms with Gasteiger partial charge in [-0.25, -0.2) is 4.98 Å². The number of nitrogens with zero attached hydrogens (tertiary/aromatic N) is 2. The van der Waals surface area contributed by atoms with E-state index in [1.165, 1.54) is 0 Å². The van der Waals surface area contributed by atoms with Crippen LogP contribution in [0.1, 0.15) is 0 Å². The lowest BCUT2D eigenvalue weighted by Crippen LogP contribution is -1.83. The molecule has 70 valence electrons. The van der Waals surface area contributed by atoms with Crippen LogP contribution in [0.15, 0.2) is 41.1 Å². The molecule has 0 unspecified atom stereocenters. The van der Waals surface area contributed by atoms with E-state index in [9.17, 15) is 0 Å². The van der Waals surface area contributed by atoms with Crippen LogP contribution in [-0.4, -0.2) is 9.97 Å². The molecule has 0 aliphatic rings. The number of aromatic nitrogens is 2. The molecule has 0 bridgehead atoms. The van der Waals surface area contributed by atoms with Crippen LogP contribution < -0.4 is 0 Å². The summed E-state index contributed by atoms with van der Waals surface area (Å²) in [6.07, 6.45) is 3.46. The topological polar surface area (TPSA) is 25.8 Å². The molecule has 0 aliphatic heterocycles. The van der Waals surface area contributed by atoms with Gasteiger partial charge in [-0.2, -0.15) is 0 Å². The van der Waals surface area contributed by atoms with Crippen LogP contribution in [-0.2, 0) is 0 Å². The van der Waals surface area contributed by atoms with E-state index in [-0.39, 0.29) is 0 Å². The van der Waals surface area contributed by atoms with Gasteiger partial charge in [0, 0.05) is 22.4 Å². The van der Waals surface area contributed by atoms with Gasteiger partial charge in [0.2, 0.25) is 0 Å². The maximum absolute atomic E-state index is 5.69. The summed E-state index contributed by atoms with van der Waals surface area (Å²) in [5.41, 5.74) is 1.85. The Morgan fingerprint density at radius 1 is 1.00 bits per heavy atom. The Bertz CT molecular complexity index is 381. The van der Waals surface area contributed by atoms with Crippen molar-refractivity contribution >= 4 is 27.5 Å². The fourth-order valence-electron chi connectivity index (χ4n) is 1.07. The molecule has 0 saturated heterocycles. The fourth-order valence-corrected chi connectivity index (χ4v) is 1.42. The van der Waals surface area contributed by atoms with E-state index in [0.717, 1.165) is 15.7 Å². The quantitative estimate of drug-likeness (QED) is 0.740. The standard InChI is InChI=1S/C10H6BrClN2/c11-8-2-3-9(13-6-8)7-1-4-10(12)14-5-7/h1-6H. The molecule has 2 aromatic rings. The Hall–Kier alpha value is -0.930. The highest BCUT2D eigenvalue weighted by molar-refractivity contribution is 9.10. The van der Waals surface area contributed by atoms with Gasteiger partial charge in [-0.05, 0) is 40.2 Å². The van der Waals surface area contributed by atoms with E-state index in [4.69, 9.17) is 11.6 Å². The lowest BCUT2D eigenvalue weighted by atomic mass is 10.2. The monoisotopic (exact) mass is 268 g/mol. The Morgan fingerprint density at radius 2 is 1.86 bits per heavy atom. The van der Waals surface area contributed by atoms with Gasteiger partial charge in [0.1, 0.15) is 5.15 Å². The third kappa shape index (κ3) is 2.11. The van der Waals surface area contributed by atoms with Crippen LogP contribution in [0.2, 0.25) is 5.15 Å². The average Bonchev–Trinajstić information content (AvgIpc) is 2.21. The number of halogens is 2. The third-order valence-electron chi connectivity index (χ3n) is 1.75. The van der Waals surface area contributed by atoms with E-state index in [1.54, 1.807) is 18.5 Å². The summed E-state index contributed by atoms with van der Waals surface area (Å²) in [7, 11) is 0. The van der Waals surface area contributed by atoms with Crippen molar-refractivity contribution < 1.29 is 0 Å². The van der Waals surface area contributed by atoms with Gasteiger partial charge in [0.05, 0.1) is 5.69 Å². The van der Waals surface area contributed by atoms with Crippen LogP contribution in [0.5, 0.6) is 0 Å². The van der Waals surface area contributed by atoms with Gasteiger partial charge in [-0.3, -0.25) is 4.98 Å². The molecule has 0 fully saturated rings. The zero-order chi connectivity index (χ0) is 9.97. The maximum Gasteiger partial charge on any atom is 0.129 e. The van der Waals surface area contributed by atoms with Crippen LogP contribution in [0.4, 0.5) is 0 Å². The number of rotatable bonds is 1. The maximum atomic E-state index is 5.69. The van der Waals surface area contributed by atoms with Crippen molar-refractivity contribution in [2.24, 2.45) is 0 Å². The van der Waals surface area contributed by atoms with E-state index in [2.05, 4.69) is 25.9 Å². The summed E-state index contributed by atoms with van der Waals surface area (Å²) in [4.78, 5) is 8.24. The SMILES string of the molecule is Clc1ccc(-c2ccc(Br)cn2)cn1. The summed E-state index contributed by atoms with van der Waals surface area (Å²) < 4.78 is 0.961. The Morgan fingerprint density at radius 3 is 2.43 bits per heavy atom. The molecule has 0 aromatic carbocycles. The van der Waals surface area contributed by atoms with Crippen LogP contribution in [0.3, 0.4) is 0 Å². The minimum absolute atomic E-state index is 0.492. The van der Waals surface area contributed by atoms with Crippen molar-refractivity contribution in [2.75, 3.05) is 0 Å².